The molecule has 37 heavy (non-hydrogen) atoms. The molecule has 1 aromatic heterocycles. The number of aromatic nitrogens is 2. The highest BCUT2D eigenvalue weighted by molar-refractivity contribution is 5.78. The van der Waals surface area contributed by atoms with Crippen LogP contribution >= 0.6 is 0 Å². The van der Waals surface area contributed by atoms with Gasteiger partial charge in [0, 0.05) is 36.9 Å². The van der Waals surface area contributed by atoms with Crippen LogP contribution in [0.15, 0.2) is 36.8 Å². The number of hydroxylamine groups is 2. The number of benzene rings is 1. The number of carboxylic acids is 1. The second kappa shape index (κ2) is 12.8. The van der Waals surface area contributed by atoms with Gasteiger partial charge in [-0.2, -0.15) is 0 Å². The molecule has 2 aliphatic rings. The zero-order valence-electron chi connectivity index (χ0n) is 21.5. The highest BCUT2D eigenvalue weighted by atomic mass is 16.7. The molecule has 1 N–H and O–H groups in total. The first-order valence-corrected chi connectivity index (χ1v) is 13.1. The van der Waals surface area contributed by atoms with Crippen LogP contribution < -0.4 is 9.47 Å². The molecule has 10 heteroatoms. The van der Waals surface area contributed by atoms with Crippen molar-refractivity contribution < 1.29 is 29.0 Å². The molecule has 3 atom stereocenters. The largest absolute Gasteiger partial charge is 0.481 e. The van der Waals surface area contributed by atoms with E-state index in [0.717, 1.165) is 30.5 Å². The van der Waals surface area contributed by atoms with Crippen molar-refractivity contribution in [1.29, 1.82) is 0 Å². The fourth-order valence-corrected chi connectivity index (χ4v) is 5.11. The summed E-state index contributed by atoms with van der Waals surface area (Å²) in [6.07, 6.45) is 6.88. The molecule has 1 aromatic carbocycles. The van der Waals surface area contributed by atoms with E-state index in [1.54, 1.807) is 6.20 Å². The molecule has 0 radical (unpaired) electrons. The molecule has 2 aromatic rings. The van der Waals surface area contributed by atoms with Gasteiger partial charge in [0.1, 0.15) is 6.33 Å². The summed E-state index contributed by atoms with van der Waals surface area (Å²) < 4.78 is 11.0. The summed E-state index contributed by atoms with van der Waals surface area (Å²) in [7, 11) is 0. The van der Waals surface area contributed by atoms with Crippen molar-refractivity contribution in [2.24, 2.45) is 5.92 Å². The van der Waals surface area contributed by atoms with Crippen LogP contribution in [-0.4, -0.2) is 76.0 Å². The Kier molecular flexibility index (Phi) is 9.29. The zero-order chi connectivity index (χ0) is 26.2. The van der Waals surface area contributed by atoms with E-state index in [1.165, 1.54) is 11.4 Å². The number of hydrogen-bond donors (Lipinski definition) is 1. The first kappa shape index (κ1) is 26.8. The van der Waals surface area contributed by atoms with Crippen molar-refractivity contribution in [1.82, 2.24) is 19.9 Å². The third-order valence-corrected chi connectivity index (χ3v) is 6.98. The number of hydrogen-bond acceptors (Lipinski definition) is 8. The van der Waals surface area contributed by atoms with Crippen molar-refractivity contribution in [3.8, 4) is 11.5 Å². The maximum absolute atomic E-state index is 13.4. The summed E-state index contributed by atoms with van der Waals surface area (Å²) in [5, 5.41) is 11.8. The maximum atomic E-state index is 13.4. The molecule has 200 valence electrons. The zero-order valence-corrected chi connectivity index (χ0v) is 21.5. The molecule has 2 aliphatic heterocycles. The average molecular weight is 513 g/mol. The fourth-order valence-electron chi connectivity index (χ4n) is 5.11. The van der Waals surface area contributed by atoms with Crippen LogP contribution in [0.4, 0.5) is 0 Å². The van der Waals surface area contributed by atoms with Crippen LogP contribution in [0.5, 0.6) is 11.5 Å². The second-order valence-electron chi connectivity index (χ2n) is 9.50. The first-order valence-electron chi connectivity index (χ1n) is 13.1. The van der Waals surface area contributed by atoms with E-state index in [4.69, 9.17) is 14.3 Å². The standard InChI is InChI=1S/C27H36N4O6/c1-3-5-12-31(37-13-4-2)25(32)16-30-15-21(19-6-9-23-24(14-19)36-18-35-23)26(27(33)34)22(30)8-7-20-10-11-28-17-29-20/h6,9-11,14,17,21-22,26H,3-5,7-8,12-13,15-16,18H2,1-2H3,(H,33,34)/t21-,22+,26?/m1/s1. The lowest BCUT2D eigenvalue weighted by Gasteiger charge is -2.29. The number of nitrogens with zero attached hydrogens (tertiary/aromatic N) is 4. The number of likely N-dealkylation sites (tertiary alicyclic amines) is 1. The summed E-state index contributed by atoms with van der Waals surface area (Å²) in [6, 6.07) is 7.07. The number of aliphatic carboxylic acids is 1. The van der Waals surface area contributed by atoms with Crippen LogP contribution in [0.1, 0.15) is 56.7 Å². The SMILES string of the molecule is CCCCN(OCCC)C(=O)CN1C[C@H](c2ccc3c(c2)OCO3)C(C(=O)O)[C@@H]1CCc1ccncn1. The second-order valence-corrected chi connectivity index (χ2v) is 9.50. The lowest BCUT2D eigenvalue weighted by atomic mass is 9.83. The highest BCUT2D eigenvalue weighted by Crippen LogP contribution is 2.43. The number of carboxylic acid groups (broad SMARTS) is 1. The van der Waals surface area contributed by atoms with Crippen molar-refractivity contribution in [2.75, 3.05) is 33.0 Å². The van der Waals surface area contributed by atoms with Gasteiger partial charge in [0.15, 0.2) is 11.5 Å². The molecular weight excluding hydrogens is 476 g/mol. The molecule has 0 bridgehead atoms. The van der Waals surface area contributed by atoms with Gasteiger partial charge in [-0.1, -0.05) is 26.3 Å². The summed E-state index contributed by atoms with van der Waals surface area (Å²) in [4.78, 5) is 42.1. The van der Waals surface area contributed by atoms with Crippen LogP contribution in [0.2, 0.25) is 0 Å². The number of amides is 1. The van der Waals surface area contributed by atoms with Gasteiger partial charge >= 0.3 is 5.97 Å². The summed E-state index contributed by atoms with van der Waals surface area (Å²) in [6.45, 7) is 5.73. The molecule has 1 unspecified atom stereocenters. The van der Waals surface area contributed by atoms with Gasteiger partial charge in [-0.15, -0.1) is 0 Å². The number of carbonyl (C=O) groups is 2. The first-order chi connectivity index (χ1) is 18.0. The predicted octanol–water partition coefficient (Wildman–Crippen LogP) is 3.28. The average Bonchev–Trinajstić information content (AvgIpc) is 3.52. The predicted molar refractivity (Wildman–Crippen MR) is 135 cm³/mol. The van der Waals surface area contributed by atoms with E-state index < -0.39 is 11.9 Å². The summed E-state index contributed by atoms with van der Waals surface area (Å²) in [5.41, 5.74) is 1.71. The van der Waals surface area contributed by atoms with Crippen LogP contribution in [-0.2, 0) is 20.8 Å². The Bertz CT molecular complexity index is 1040. The van der Waals surface area contributed by atoms with Crippen LogP contribution in [0, 0.1) is 5.92 Å². The third-order valence-electron chi connectivity index (χ3n) is 6.98. The Hall–Kier alpha value is -3.24. The van der Waals surface area contributed by atoms with Crippen LogP contribution in [0.25, 0.3) is 0 Å². The van der Waals surface area contributed by atoms with Crippen molar-refractivity contribution in [3.63, 3.8) is 0 Å². The van der Waals surface area contributed by atoms with Gasteiger partial charge in [0.25, 0.3) is 5.91 Å². The van der Waals surface area contributed by atoms with E-state index in [1.807, 2.05) is 36.1 Å². The van der Waals surface area contributed by atoms with E-state index >= 15 is 0 Å². The van der Waals surface area contributed by atoms with Gasteiger partial charge in [-0.3, -0.25) is 19.3 Å². The van der Waals surface area contributed by atoms with Gasteiger partial charge < -0.3 is 14.6 Å². The van der Waals surface area contributed by atoms with E-state index in [0.29, 0.717) is 44.0 Å². The number of ether oxygens (including phenoxy) is 2. The van der Waals surface area contributed by atoms with Gasteiger partial charge in [0.2, 0.25) is 6.79 Å². The van der Waals surface area contributed by atoms with E-state index in [2.05, 4.69) is 16.9 Å². The Morgan fingerprint density at radius 2 is 2.03 bits per heavy atom. The van der Waals surface area contributed by atoms with Crippen molar-refractivity contribution in [2.45, 2.75) is 57.9 Å². The molecule has 1 fully saturated rings. The van der Waals surface area contributed by atoms with Crippen molar-refractivity contribution in [3.05, 3.63) is 48.0 Å². The van der Waals surface area contributed by atoms with E-state index in [-0.39, 0.29) is 31.2 Å². The molecule has 1 saturated heterocycles. The molecule has 3 heterocycles. The number of carbonyl (C=O) groups excluding carboxylic acids is 1. The van der Waals surface area contributed by atoms with Gasteiger partial charge in [0.05, 0.1) is 19.1 Å². The summed E-state index contributed by atoms with van der Waals surface area (Å²) >= 11 is 0. The summed E-state index contributed by atoms with van der Waals surface area (Å²) in [5.74, 6) is -0.765. The monoisotopic (exact) mass is 512 g/mol. The van der Waals surface area contributed by atoms with Gasteiger partial charge in [-0.05, 0) is 49.4 Å². The minimum atomic E-state index is -0.879. The highest BCUT2D eigenvalue weighted by Gasteiger charge is 2.47. The fraction of sp³-hybridized carbons (Fsp3) is 0.556. The maximum Gasteiger partial charge on any atom is 0.308 e. The number of fused-ring (bicyclic) bond motifs is 1. The van der Waals surface area contributed by atoms with Crippen molar-refractivity contribution >= 4 is 11.9 Å². The lowest BCUT2D eigenvalue weighted by molar-refractivity contribution is -0.188. The molecule has 0 spiro atoms. The third kappa shape index (κ3) is 6.56. The normalized spacial score (nSPS) is 20.8. The molecule has 10 nitrogen and oxygen atoms in total. The Balaban J connectivity index is 1.59. The van der Waals surface area contributed by atoms with Crippen LogP contribution in [0.3, 0.4) is 0 Å². The molecular formula is C27H36N4O6. The smallest absolute Gasteiger partial charge is 0.308 e. The Labute approximate surface area is 217 Å². The molecule has 1 amide bonds. The number of unbranched alkanes of at least 4 members (excludes halogenated alkanes) is 1. The lowest BCUT2D eigenvalue weighted by Crippen LogP contribution is -2.44. The molecule has 4 rings (SSSR count). The Morgan fingerprint density at radius 1 is 1.19 bits per heavy atom. The quantitative estimate of drug-likeness (QED) is 0.404. The van der Waals surface area contributed by atoms with Gasteiger partial charge in [-0.25, -0.2) is 15.0 Å². The van der Waals surface area contributed by atoms with E-state index in [9.17, 15) is 14.7 Å². The topological polar surface area (TPSA) is 114 Å². The Morgan fingerprint density at radius 3 is 2.76 bits per heavy atom. The number of aryl methyl sites for hydroxylation is 1. The molecule has 0 saturated carbocycles. The minimum absolute atomic E-state index is 0.0900. The number of rotatable bonds is 13. The minimum Gasteiger partial charge on any atom is -0.481 e. The molecule has 0 aliphatic carbocycles.